The van der Waals surface area contributed by atoms with Gasteiger partial charge in [-0.25, -0.2) is 8.78 Å². The predicted molar refractivity (Wildman–Crippen MR) is 62.7 cm³/mol. The number of aliphatic hydroxyl groups is 1. The molecular formula is C12H13ClF2O3. The second kappa shape index (κ2) is 5.28. The lowest BCUT2D eigenvalue weighted by atomic mass is 10.1. The molecule has 6 heteroatoms. The third-order valence-corrected chi connectivity index (χ3v) is 2.93. The van der Waals surface area contributed by atoms with Crippen LogP contribution in [0.25, 0.3) is 0 Å². The van der Waals surface area contributed by atoms with Gasteiger partial charge in [0.25, 0.3) is 5.92 Å². The highest BCUT2D eigenvalue weighted by molar-refractivity contribution is 6.32. The van der Waals surface area contributed by atoms with Crippen LogP contribution < -0.4 is 9.47 Å². The van der Waals surface area contributed by atoms with E-state index in [4.69, 9.17) is 26.2 Å². The number of hydrogen-bond acceptors (Lipinski definition) is 3. The zero-order valence-corrected chi connectivity index (χ0v) is 10.3. The molecule has 0 bridgehead atoms. The smallest absolute Gasteiger partial charge is 0.275 e. The molecule has 3 nitrogen and oxygen atoms in total. The molecule has 2 rings (SSSR count). The van der Waals surface area contributed by atoms with Gasteiger partial charge in [0, 0.05) is 25.0 Å². The average Bonchev–Trinajstić information content (AvgIpc) is 2.54. The molecule has 0 saturated carbocycles. The summed E-state index contributed by atoms with van der Waals surface area (Å²) in [5.41, 5.74) is -0.272. The van der Waals surface area contributed by atoms with Crippen LogP contribution in [0.15, 0.2) is 12.1 Å². The minimum atomic E-state index is -3.14. The molecule has 0 fully saturated rings. The number of halogens is 3. The van der Waals surface area contributed by atoms with E-state index < -0.39 is 19.0 Å². The van der Waals surface area contributed by atoms with Crippen LogP contribution in [0.2, 0.25) is 5.02 Å². The first-order valence-electron chi connectivity index (χ1n) is 5.63. The van der Waals surface area contributed by atoms with Gasteiger partial charge in [-0.15, -0.1) is 0 Å². The normalized spacial score (nSPS) is 15.3. The number of hydrogen-bond donors (Lipinski definition) is 1. The van der Waals surface area contributed by atoms with Crippen LogP contribution >= 0.6 is 11.6 Å². The van der Waals surface area contributed by atoms with Crippen molar-refractivity contribution in [1.82, 2.24) is 0 Å². The van der Waals surface area contributed by atoms with Gasteiger partial charge in [0.15, 0.2) is 11.5 Å². The van der Waals surface area contributed by atoms with Crippen molar-refractivity contribution in [3.63, 3.8) is 0 Å². The second-order valence-electron chi connectivity index (χ2n) is 4.01. The van der Waals surface area contributed by atoms with E-state index in [0.29, 0.717) is 25.4 Å². The van der Waals surface area contributed by atoms with Crippen molar-refractivity contribution in [3.05, 3.63) is 22.7 Å². The minimum Gasteiger partial charge on any atom is -0.489 e. The van der Waals surface area contributed by atoms with E-state index in [2.05, 4.69) is 0 Å². The Labute approximate surface area is 108 Å². The molecule has 18 heavy (non-hydrogen) atoms. The lowest BCUT2D eigenvalue weighted by Crippen LogP contribution is -2.15. The molecule has 100 valence electrons. The fraction of sp³-hybridized carbons (Fsp3) is 0.500. The summed E-state index contributed by atoms with van der Waals surface area (Å²) >= 11 is 5.93. The van der Waals surface area contributed by atoms with Crippen LogP contribution in [-0.4, -0.2) is 24.9 Å². The van der Waals surface area contributed by atoms with E-state index in [-0.39, 0.29) is 16.3 Å². The Bertz CT molecular complexity index is 438. The van der Waals surface area contributed by atoms with E-state index in [9.17, 15) is 8.78 Å². The second-order valence-corrected chi connectivity index (χ2v) is 4.42. The van der Waals surface area contributed by atoms with Crippen molar-refractivity contribution in [2.75, 3.05) is 19.8 Å². The molecule has 0 saturated heterocycles. The first kappa shape index (κ1) is 13.4. The van der Waals surface area contributed by atoms with Gasteiger partial charge in [0.2, 0.25) is 0 Å². The maximum Gasteiger partial charge on any atom is 0.275 e. The maximum atomic E-state index is 13.7. The predicted octanol–water partition coefficient (Wildman–Crippen LogP) is 2.98. The van der Waals surface area contributed by atoms with Crippen LogP contribution in [0.3, 0.4) is 0 Å². The molecule has 0 aliphatic carbocycles. The maximum absolute atomic E-state index is 13.7. The first-order valence-corrected chi connectivity index (χ1v) is 6.00. The Hall–Kier alpha value is -1.07. The number of benzene rings is 1. The number of ether oxygens (including phenoxy) is 2. The largest absolute Gasteiger partial charge is 0.489 e. The molecule has 0 spiro atoms. The molecule has 0 unspecified atom stereocenters. The molecular weight excluding hydrogens is 266 g/mol. The highest BCUT2D eigenvalue weighted by Crippen LogP contribution is 2.42. The number of fused-ring (bicyclic) bond motifs is 1. The topological polar surface area (TPSA) is 38.7 Å². The van der Waals surface area contributed by atoms with Gasteiger partial charge in [-0.3, -0.25) is 0 Å². The van der Waals surface area contributed by atoms with Crippen LogP contribution in [0.1, 0.15) is 18.4 Å². The van der Waals surface area contributed by atoms with Crippen molar-refractivity contribution in [2.24, 2.45) is 0 Å². The van der Waals surface area contributed by atoms with E-state index in [1.165, 1.54) is 6.07 Å². The van der Waals surface area contributed by atoms with E-state index in [1.807, 2.05) is 0 Å². The van der Waals surface area contributed by atoms with Crippen LogP contribution in [0.4, 0.5) is 8.78 Å². The fourth-order valence-corrected chi connectivity index (χ4v) is 1.99. The van der Waals surface area contributed by atoms with Gasteiger partial charge < -0.3 is 14.6 Å². The Kier molecular flexibility index (Phi) is 3.92. The molecule has 1 heterocycles. The zero-order chi connectivity index (χ0) is 13.2. The lowest BCUT2D eigenvalue weighted by Gasteiger charge is -2.18. The summed E-state index contributed by atoms with van der Waals surface area (Å²) in [5, 5.41) is 8.75. The van der Waals surface area contributed by atoms with Gasteiger partial charge in [-0.2, -0.15) is 0 Å². The van der Waals surface area contributed by atoms with Gasteiger partial charge in [0.1, 0.15) is 0 Å². The highest BCUT2D eigenvalue weighted by Gasteiger charge is 2.33. The monoisotopic (exact) mass is 278 g/mol. The summed E-state index contributed by atoms with van der Waals surface area (Å²) in [6.45, 7) is 0.247. The molecule has 0 aromatic heterocycles. The molecule has 1 aliphatic rings. The van der Waals surface area contributed by atoms with Crippen LogP contribution in [-0.2, 0) is 5.92 Å². The molecule has 0 atom stereocenters. The standard InChI is InChI=1S/C12H13ClF2O3/c13-9-6-8(12(14,15)2-3-16)7-10-11(9)18-5-1-4-17-10/h6-7,16H,1-5H2. The summed E-state index contributed by atoms with van der Waals surface area (Å²) in [7, 11) is 0. The number of alkyl halides is 2. The molecule has 0 radical (unpaired) electrons. The van der Waals surface area contributed by atoms with Crippen molar-refractivity contribution in [2.45, 2.75) is 18.8 Å². The van der Waals surface area contributed by atoms with Crippen molar-refractivity contribution >= 4 is 11.6 Å². The first-order chi connectivity index (χ1) is 8.54. The van der Waals surface area contributed by atoms with E-state index >= 15 is 0 Å². The van der Waals surface area contributed by atoms with Gasteiger partial charge in [0.05, 0.1) is 18.2 Å². The van der Waals surface area contributed by atoms with E-state index in [1.54, 1.807) is 0 Å². The molecule has 1 N–H and O–H groups in total. The SMILES string of the molecule is OCCC(F)(F)c1cc(Cl)c2c(c1)OCCCO2. The Morgan fingerprint density at radius 2 is 2.00 bits per heavy atom. The highest BCUT2D eigenvalue weighted by atomic mass is 35.5. The van der Waals surface area contributed by atoms with Crippen LogP contribution in [0.5, 0.6) is 11.5 Å². The van der Waals surface area contributed by atoms with Crippen molar-refractivity contribution < 1.29 is 23.4 Å². The van der Waals surface area contributed by atoms with Gasteiger partial charge in [-0.1, -0.05) is 11.6 Å². The van der Waals surface area contributed by atoms with Crippen molar-refractivity contribution in [1.29, 1.82) is 0 Å². The third-order valence-electron chi connectivity index (χ3n) is 2.65. The quantitative estimate of drug-likeness (QED) is 0.924. The Morgan fingerprint density at radius 3 is 2.72 bits per heavy atom. The number of aliphatic hydroxyl groups excluding tert-OH is 1. The van der Waals surface area contributed by atoms with Gasteiger partial charge >= 0.3 is 0 Å². The zero-order valence-electron chi connectivity index (χ0n) is 9.59. The fourth-order valence-electron chi connectivity index (χ4n) is 1.73. The Balaban J connectivity index is 2.40. The molecule has 0 amide bonds. The number of rotatable bonds is 3. The summed E-state index contributed by atoms with van der Waals surface area (Å²) in [6, 6.07) is 2.38. The summed E-state index contributed by atoms with van der Waals surface area (Å²) in [5.74, 6) is -2.60. The van der Waals surface area contributed by atoms with Gasteiger partial charge in [-0.05, 0) is 12.1 Å². The summed E-state index contributed by atoms with van der Waals surface area (Å²) in [6.07, 6.45) is 0.0242. The molecule has 1 aromatic carbocycles. The molecule has 1 aromatic rings. The third kappa shape index (κ3) is 2.67. The lowest BCUT2D eigenvalue weighted by molar-refractivity contribution is -0.0271. The molecule has 1 aliphatic heterocycles. The van der Waals surface area contributed by atoms with Crippen molar-refractivity contribution in [3.8, 4) is 11.5 Å². The van der Waals surface area contributed by atoms with Crippen LogP contribution in [0, 0.1) is 0 Å². The summed E-state index contributed by atoms with van der Waals surface area (Å²) in [4.78, 5) is 0. The van der Waals surface area contributed by atoms with E-state index in [0.717, 1.165) is 6.07 Å². The average molecular weight is 279 g/mol. The minimum absolute atomic E-state index is 0.0991. The summed E-state index contributed by atoms with van der Waals surface area (Å²) < 4.78 is 38.1. The Morgan fingerprint density at radius 1 is 1.28 bits per heavy atom.